The van der Waals surface area contributed by atoms with Crippen LogP contribution < -0.4 is 14.8 Å². The predicted octanol–water partition coefficient (Wildman–Crippen LogP) is 1.39. The third kappa shape index (κ3) is 4.14. The van der Waals surface area contributed by atoms with Gasteiger partial charge in [0, 0.05) is 12.5 Å². The summed E-state index contributed by atoms with van der Waals surface area (Å²) < 4.78 is 32.1. The van der Waals surface area contributed by atoms with Crippen LogP contribution in [0.5, 0.6) is 5.75 Å². The van der Waals surface area contributed by atoms with Gasteiger partial charge >= 0.3 is 0 Å². The second kappa shape index (κ2) is 7.33. The summed E-state index contributed by atoms with van der Waals surface area (Å²) in [6.45, 7) is 0.719. The van der Waals surface area contributed by atoms with E-state index in [0.717, 1.165) is 29.1 Å². The molecule has 24 heavy (non-hydrogen) atoms. The van der Waals surface area contributed by atoms with Crippen molar-refractivity contribution in [3.8, 4) is 5.75 Å². The van der Waals surface area contributed by atoms with E-state index >= 15 is 0 Å². The molecule has 1 aliphatic rings. The summed E-state index contributed by atoms with van der Waals surface area (Å²) >= 11 is 1.11. The van der Waals surface area contributed by atoms with Crippen LogP contribution in [0.15, 0.2) is 46.0 Å². The number of thiophene rings is 1. The third-order valence-corrected chi connectivity index (χ3v) is 6.53. The summed E-state index contributed by atoms with van der Waals surface area (Å²) in [6, 6.07) is 11.0. The van der Waals surface area contributed by atoms with Gasteiger partial charge in [0.15, 0.2) is 0 Å². The van der Waals surface area contributed by atoms with Crippen molar-refractivity contribution in [2.75, 3.05) is 19.7 Å². The molecule has 2 aromatic rings. The van der Waals surface area contributed by atoms with Crippen LogP contribution in [0, 0.1) is 5.92 Å². The van der Waals surface area contributed by atoms with E-state index in [2.05, 4.69) is 10.0 Å². The van der Waals surface area contributed by atoms with Crippen molar-refractivity contribution in [2.24, 2.45) is 5.92 Å². The van der Waals surface area contributed by atoms with Gasteiger partial charge < -0.3 is 10.1 Å². The molecule has 2 heterocycles. The number of sulfonamides is 1. The van der Waals surface area contributed by atoms with E-state index in [1.165, 1.54) is 6.07 Å². The Morgan fingerprint density at radius 2 is 2.08 bits per heavy atom. The maximum atomic E-state index is 11.9. The first kappa shape index (κ1) is 16.9. The van der Waals surface area contributed by atoms with E-state index in [4.69, 9.17) is 4.74 Å². The summed E-state index contributed by atoms with van der Waals surface area (Å²) in [5, 5.41) is 4.43. The van der Waals surface area contributed by atoms with Gasteiger partial charge in [0.2, 0.25) is 5.91 Å². The zero-order chi connectivity index (χ0) is 17.0. The van der Waals surface area contributed by atoms with Crippen LogP contribution in [0.4, 0.5) is 0 Å². The fourth-order valence-electron chi connectivity index (χ4n) is 2.49. The average molecular weight is 366 g/mol. The first-order chi connectivity index (χ1) is 11.5. The van der Waals surface area contributed by atoms with Gasteiger partial charge in [-0.05, 0) is 29.5 Å². The first-order valence-electron chi connectivity index (χ1n) is 7.55. The lowest BCUT2D eigenvalue weighted by Crippen LogP contribution is -2.40. The highest BCUT2D eigenvalue weighted by molar-refractivity contribution is 7.91. The van der Waals surface area contributed by atoms with Crippen molar-refractivity contribution in [2.45, 2.75) is 10.6 Å². The number of para-hydroxylation sites is 1. The van der Waals surface area contributed by atoms with Crippen LogP contribution in [0.25, 0.3) is 0 Å². The monoisotopic (exact) mass is 366 g/mol. The number of carbonyl (C=O) groups is 1. The van der Waals surface area contributed by atoms with E-state index in [0.29, 0.717) is 13.2 Å². The molecule has 8 heteroatoms. The molecule has 0 spiro atoms. The molecular weight excluding hydrogens is 348 g/mol. The van der Waals surface area contributed by atoms with E-state index in [1.54, 1.807) is 11.4 Å². The van der Waals surface area contributed by atoms with Crippen molar-refractivity contribution in [3.05, 3.63) is 47.3 Å². The van der Waals surface area contributed by atoms with Gasteiger partial charge in [-0.2, -0.15) is 0 Å². The zero-order valence-electron chi connectivity index (χ0n) is 12.9. The Balaban J connectivity index is 1.45. The van der Waals surface area contributed by atoms with Crippen molar-refractivity contribution in [1.29, 1.82) is 0 Å². The zero-order valence-corrected chi connectivity index (χ0v) is 14.5. The second-order valence-electron chi connectivity index (χ2n) is 5.55. The number of nitrogens with one attached hydrogen (secondary N) is 2. The summed E-state index contributed by atoms with van der Waals surface area (Å²) in [6.07, 6.45) is 0.831. The minimum Gasteiger partial charge on any atom is -0.493 e. The SMILES string of the molecule is O=C(CNS(=O)(=O)c1cccs1)NC[C@@H]1COc2ccccc2C1. The van der Waals surface area contributed by atoms with Gasteiger partial charge in [-0.3, -0.25) is 4.79 Å². The fourth-order valence-corrected chi connectivity index (χ4v) is 4.51. The van der Waals surface area contributed by atoms with Crippen LogP contribution in [-0.2, 0) is 21.2 Å². The molecule has 3 rings (SSSR count). The van der Waals surface area contributed by atoms with E-state index in [9.17, 15) is 13.2 Å². The largest absolute Gasteiger partial charge is 0.493 e. The lowest BCUT2D eigenvalue weighted by Gasteiger charge is -2.25. The Hall–Kier alpha value is -1.90. The molecule has 1 aromatic carbocycles. The average Bonchev–Trinajstić information content (AvgIpc) is 3.13. The molecule has 0 unspecified atom stereocenters. The van der Waals surface area contributed by atoms with Gasteiger partial charge in [0.1, 0.15) is 9.96 Å². The maximum absolute atomic E-state index is 11.9. The van der Waals surface area contributed by atoms with Crippen LogP contribution in [0.1, 0.15) is 5.56 Å². The number of ether oxygens (including phenoxy) is 1. The molecule has 6 nitrogen and oxygen atoms in total. The lowest BCUT2D eigenvalue weighted by molar-refractivity contribution is -0.120. The number of fused-ring (bicyclic) bond motifs is 1. The van der Waals surface area contributed by atoms with Gasteiger partial charge in [0.05, 0.1) is 13.2 Å². The number of carbonyl (C=O) groups excluding carboxylic acids is 1. The number of rotatable bonds is 6. The van der Waals surface area contributed by atoms with Crippen molar-refractivity contribution in [1.82, 2.24) is 10.0 Å². The van der Waals surface area contributed by atoms with Gasteiger partial charge in [-0.15, -0.1) is 11.3 Å². The van der Waals surface area contributed by atoms with Crippen LogP contribution in [0.3, 0.4) is 0 Å². The van der Waals surface area contributed by atoms with Crippen LogP contribution >= 0.6 is 11.3 Å². The molecule has 0 bridgehead atoms. The van der Waals surface area contributed by atoms with Crippen molar-refractivity contribution in [3.63, 3.8) is 0 Å². The first-order valence-corrected chi connectivity index (χ1v) is 9.91. The molecule has 1 atom stereocenters. The molecule has 0 fully saturated rings. The molecule has 2 N–H and O–H groups in total. The lowest BCUT2D eigenvalue weighted by atomic mass is 9.97. The van der Waals surface area contributed by atoms with Crippen molar-refractivity contribution >= 4 is 27.3 Å². The standard InChI is InChI=1S/C16H18N2O4S2/c19-15(10-18-24(20,21)16-6-3-7-23-16)17-9-12-8-13-4-1-2-5-14(13)22-11-12/h1-7,12,18H,8-11H2,(H,17,19)/t12-/m1/s1. The smallest absolute Gasteiger partial charge is 0.250 e. The Bertz CT molecular complexity index is 803. The quantitative estimate of drug-likeness (QED) is 0.809. The Kier molecular flexibility index (Phi) is 5.17. The molecular formula is C16H18N2O4S2. The molecule has 0 saturated heterocycles. The summed E-state index contributed by atoms with van der Waals surface area (Å²) in [7, 11) is -3.61. The number of hydrogen-bond donors (Lipinski definition) is 2. The molecule has 128 valence electrons. The molecule has 0 saturated carbocycles. The number of amides is 1. The van der Waals surface area contributed by atoms with E-state index in [1.807, 2.05) is 24.3 Å². The van der Waals surface area contributed by atoms with Gasteiger partial charge in [-0.25, -0.2) is 13.1 Å². The molecule has 0 radical (unpaired) electrons. The predicted molar refractivity (Wildman–Crippen MR) is 91.6 cm³/mol. The minimum absolute atomic E-state index is 0.178. The Labute approximate surface area is 144 Å². The molecule has 1 aliphatic heterocycles. The minimum atomic E-state index is -3.61. The fraction of sp³-hybridized carbons (Fsp3) is 0.312. The highest BCUT2D eigenvalue weighted by Gasteiger charge is 2.21. The normalized spacial score (nSPS) is 16.9. The van der Waals surface area contributed by atoms with Gasteiger partial charge in [0.25, 0.3) is 10.0 Å². The van der Waals surface area contributed by atoms with E-state index in [-0.39, 0.29) is 22.6 Å². The molecule has 1 amide bonds. The number of benzene rings is 1. The van der Waals surface area contributed by atoms with Crippen LogP contribution in [-0.4, -0.2) is 34.0 Å². The van der Waals surface area contributed by atoms with E-state index < -0.39 is 10.0 Å². The maximum Gasteiger partial charge on any atom is 0.250 e. The van der Waals surface area contributed by atoms with Crippen LogP contribution in [0.2, 0.25) is 0 Å². The van der Waals surface area contributed by atoms with Gasteiger partial charge in [-0.1, -0.05) is 24.3 Å². The Morgan fingerprint density at radius 1 is 1.25 bits per heavy atom. The summed E-state index contributed by atoms with van der Waals surface area (Å²) in [4.78, 5) is 11.9. The summed E-state index contributed by atoms with van der Waals surface area (Å²) in [5.41, 5.74) is 1.13. The Morgan fingerprint density at radius 3 is 2.88 bits per heavy atom. The third-order valence-electron chi connectivity index (χ3n) is 3.73. The summed E-state index contributed by atoms with van der Waals surface area (Å²) in [5.74, 6) is 0.718. The second-order valence-corrected chi connectivity index (χ2v) is 8.49. The van der Waals surface area contributed by atoms with Crippen molar-refractivity contribution < 1.29 is 17.9 Å². The molecule has 0 aliphatic carbocycles. The highest BCUT2D eigenvalue weighted by atomic mass is 32.2. The molecule has 1 aromatic heterocycles. The topological polar surface area (TPSA) is 84.5 Å². The number of hydrogen-bond acceptors (Lipinski definition) is 5. The highest BCUT2D eigenvalue weighted by Crippen LogP contribution is 2.26.